The van der Waals surface area contributed by atoms with Crippen LogP contribution in [0.4, 0.5) is 0 Å². The zero-order chi connectivity index (χ0) is 26.7. The van der Waals surface area contributed by atoms with Crippen LogP contribution < -0.4 is 11.1 Å². The molecule has 1 aromatic carbocycles. The van der Waals surface area contributed by atoms with Gasteiger partial charge in [0.05, 0.1) is 17.5 Å². The number of carbonyl (C=O) groups is 5. The third-order valence-electron chi connectivity index (χ3n) is 7.91. The van der Waals surface area contributed by atoms with Crippen molar-refractivity contribution in [3.8, 4) is 5.75 Å². The number of hydrogen-bond acceptors (Lipinski definition) is 9. The molecule has 0 heterocycles. The number of amides is 1. The second kappa shape index (κ2) is 9.17. The Kier molecular flexibility index (Phi) is 6.65. The van der Waals surface area contributed by atoms with E-state index in [2.05, 4.69) is 19.2 Å². The molecule has 2 unspecified atom stereocenters. The minimum Gasteiger partial charge on any atom is -0.507 e. The number of hydrogen-bond donors (Lipinski definition) is 4. The van der Waals surface area contributed by atoms with Crippen molar-refractivity contribution >= 4 is 29.0 Å². The number of nitrogens with zero attached hydrogens (tertiary/aromatic N) is 1. The molecule has 0 saturated heterocycles. The van der Waals surface area contributed by atoms with Gasteiger partial charge in [0, 0.05) is 12.5 Å². The molecular weight excluding hydrogens is 466 g/mol. The average molecular weight is 500 g/mol. The second-order valence-electron chi connectivity index (χ2n) is 10.9. The van der Waals surface area contributed by atoms with E-state index in [4.69, 9.17) is 5.73 Å². The Morgan fingerprint density at radius 1 is 1.19 bits per heavy atom. The van der Waals surface area contributed by atoms with Crippen molar-refractivity contribution in [1.29, 1.82) is 0 Å². The molecule has 4 rings (SSSR count). The number of Topliss-reactive ketones (excluding diaryl/α,β-unsaturated/α-hetero) is 4. The van der Waals surface area contributed by atoms with E-state index in [1.54, 1.807) is 20.2 Å². The molecule has 1 amide bonds. The van der Waals surface area contributed by atoms with Crippen LogP contribution in [0.15, 0.2) is 12.1 Å². The Hall–Kier alpha value is -2.95. The predicted molar refractivity (Wildman–Crippen MR) is 128 cm³/mol. The number of aliphatic hydroxyl groups is 1. The number of ketones is 4. The molecule has 194 valence electrons. The van der Waals surface area contributed by atoms with Gasteiger partial charge in [-0.2, -0.15) is 0 Å². The standard InChI is InChI=1S/C26H33N3O7/c1-11(2)9-28-10-12-5-6-16(30)18-14(12)7-13-8-15-20(29(3)4)22(32)19(25(27)35)24(34)26(15,36)23(33)17(13)21(18)31/h5-6,11,13,15,17,19-20,28,30,36H,7-10H2,1-4H3,(H2,27,35)/t13-,15-,17?,19?,20-,26-/m1/s1. The third-order valence-corrected chi connectivity index (χ3v) is 7.91. The monoisotopic (exact) mass is 499 g/mol. The van der Waals surface area contributed by atoms with Gasteiger partial charge in [0.15, 0.2) is 34.7 Å². The normalized spacial score (nSPS) is 31.9. The van der Waals surface area contributed by atoms with Gasteiger partial charge in [0.2, 0.25) is 5.91 Å². The summed E-state index contributed by atoms with van der Waals surface area (Å²) < 4.78 is 0. The van der Waals surface area contributed by atoms with Crippen LogP contribution in [-0.4, -0.2) is 76.4 Å². The van der Waals surface area contributed by atoms with E-state index < -0.39 is 64.4 Å². The Balaban J connectivity index is 1.79. The van der Waals surface area contributed by atoms with Crippen molar-refractivity contribution in [1.82, 2.24) is 10.2 Å². The highest BCUT2D eigenvalue weighted by Crippen LogP contribution is 2.50. The van der Waals surface area contributed by atoms with Crippen molar-refractivity contribution in [2.24, 2.45) is 35.3 Å². The van der Waals surface area contributed by atoms with E-state index in [1.807, 2.05) is 0 Å². The number of primary amides is 1. The Labute approximate surface area is 209 Å². The summed E-state index contributed by atoms with van der Waals surface area (Å²) in [5.41, 5.74) is 4.08. The van der Waals surface area contributed by atoms with Gasteiger partial charge in [0.25, 0.3) is 0 Å². The lowest BCUT2D eigenvalue weighted by Gasteiger charge is -2.52. The molecule has 0 aromatic heterocycles. The number of carbonyl (C=O) groups excluding carboxylic acids is 5. The van der Waals surface area contributed by atoms with E-state index in [-0.39, 0.29) is 24.2 Å². The molecule has 3 aliphatic rings. The topological polar surface area (TPSA) is 167 Å². The number of nitrogens with one attached hydrogen (secondary N) is 1. The lowest BCUT2D eigenvalue weighted by atomic mass is 9.52. The molecule has 2 saturated carbocycles. The van der Waals surface area contributed by atoms with Crippen LogP contribution in [0.25, 0.3) is 0 Å². The first-order valence-electron chi connectivity index (χ1n) is 12.2. The summed E-state index contributed by atoms with van der Waals surface area (Å²) in [4.78, 5) is 67.3. The van der Waals surface area contributed by atoms with Crippen LogP contribution >= 0.6 is 0 Å². The van der Waals surface area contributed by atoms with E-state index in [0.29, 0.717) is 18.0 Å². The zero-order valence-corrected chi connectivity index (χ0v) is 20.9. The van der Waals surface area contributed by atoms with Crippen molar-refractivity contribution in [3.05, 3.63) is 28.8 Å². The lowest BCUT2D eigenvalue weighted by molar-refractivity contribution is -0.181. The molecule has 0 bridgehead atoms. The van der Waals surface area contributed by atoms with Gasteiger partial charge >= 0.3 is 0 Å². The summed E-state index contributed by atoms with van der Waals surface area (Å²) in [6, 6.07) is 2.04. The van der Waals surface area contributed by atoms with E-state index in [0.717, 1.165) is 12.1 Å². The molecule has 0 radical (unpaired) electrons. The molecule has 0 spiro atoms. The summed E-state index contributed by atoms with van der Waals surface area (Å²) in [7, 11) is 3.12. The fourth-order valence-corrected chi connectivity index (χ4v) is 6.33. The third kappa shape index (κ3) is 3.79. The van der Waals surface area contributed by atoms with Gasteiger partial charge in [-0.15, -0.1) is 0 Å². The van der Waals surface area contributed by atoms with Gasteiger partial charge in [-0.25, -0.2) is 0 Å². The van der Waals surface area contributed by atoms with Gasteiger partial charge < -0.3 is 21.3 Å². The van der Waals surface area contributed by atoms with Crippen LogP contribution in [0.5, 0.6) is 5.75 Å². The van der Waals surface area contributed by atoms with Crippen LogP contribution in [0.3, 0.4) is 0 Å². The highest BCUT2D eigenvalue weighted by atomic mass is 16.3. The highest BCUT2D eigenvalue weighted by molar-refractivity contribution is 6.32. The first-order valence-corrected chi connectivity index (χ1v) is 12.2. The maximum atomic E-state index is 13.8. The van der Waals surface area contributed by atoms with Crippen molar-refractivity contribution < 1.29 is 34.2 Å². The quantitative estimate of drug-likeness (QED) is 0.381. The summed E-state index contributed by atoms with van der Waals surface area (Å²) in [6.45, 7) is 5.35. The van der Waals surface area contributed by atoms with Crippen molar-refractivity contribution in [2.75, 3.05) is 20.6 Å². The number of benzene rings is 1. The number of nitrogens with two attached hydrogens (primary N) is 1. The van der Waals surface area contributed by atoms with Crippen LogP contribution in [-0.2, 0) is 32.1 Å². The molecule has 6 atom stereocenters. The van der Waals surface area contributed by atoms with Crippen molar-refractivity contribution in [2.45, 2.75) is 44.9 Å². The van der Waals surface area contributed by atoms with E-state index in [1.165, 1.54) is 11.0 Å². The average Bonchev–Trinajstić information content (AvgIpc) is 2.77. The Morgan fingerprint density at radius 2 is 1.86 bits per heavy atom. The molecule has 10 nitrogen and oxygen atoms in total. The minimum atomic E-state index is -2.71. The fourth-order valence-electron chi connectivity index (χ4n) is 6.33. The van der Waals surface area contributed by atoms with Crippen LogP contribution in [0.2, 0.25) is 0 Å². The predicted octanol–water partition coefficient (Wildman–Crippen LogP) is -0.387. The molecule has 0 aliphatic heterocycles. The zero-order valence-electron chi connectivity index (χ0n) is 20.9. The SMILES string of the molecule is CC(C)CNCc1ccc(O)c2c1C[C@@H]1C[C@@H]3[C@@H](N(C)C)C(=O)C(C(N)=O)C(=O)[C@]3(O)C(=O)C1C2=O. The highest BCUT2D eigenvalue weighted by Gasteiger charge is 2.69. The number of fused-ring (bicyclic) bond motifs is 3. The molecule has 2 fully saturated rings. The summed E-state index contributed by atoms with van der Waals surface area (Å²) in [5, 5.41) is 25.5. The number of aromatic hydroxyl groups is 1. The lowest BCUT2D eigenvalue weighted by Crippen LogP contribution is -2.74. The second-order valence-corrected chi connectivity index (χ2v) is 10.9. The maximum absolute atomic E-state index is 13.8. The van der Waals surface area contributed by atoms with Crippen molar-refractivity contribution in [3.63, 3.8) is 0 Å². The first-order chi connectivity index (χ1) is 16.8. The van der Waals surface area contributed by atoms with Gasteiger partial charge in [0.1, 0.15) is 5.75 Å². The van der Waals surface area contributed by atoms with Gasteiger partial charge in [-0.05, 0) is 62.5 Å². The van der Waals surface area contributed by atoms with Crippen LogP contribution in [0.1, 0.15) is 41.8 Å². The van der Waals surface area contributed by atoms with Gasteiger partial charge in [-0.3, -0.25) is 28.9 Å². The number of phenolic OH excluding ortho intramolecular Hbond substituents is 1. The van der Waals surface area contributed by atoms with E-state index >= 15 is 0 Å². The summed E-state index contributed by atoms with van der Waals surface area (Å²) >= 11 is 0. The fraction of sp³-hybridized carbons (Fsp3) is 0.577. The molecule has 5 N–H and O–H groups in total. The molecule has 3 aliphatic carbocycles. The molecular formula is C26H33N3O7. The largest absolute Gasteiger partial charge is 0.507 e. The van der Waals surface area contributed by atoms with E-state index in [9.17, 15) is 34.2 Å². The molecule has 10 heteroatoms. The Bertz CT molecular complexity index is 1160. The van der Waals surface area contributed by atoms with Gasteiger partial charge in [-0.1, -0.05) is 19.9 Å². The number of phenols is 1. The number of rotatable bonds is 6. The minimum absolute atomic E-state index is 0.0189. The summed E-state index contributed by atoms with van der Waals surface area (Å²) in [6.07, 6.45) is 0.303. The smallest absolute Gasteiger partial charge is 0.235 e. The Morgan fingerprint density at radius 3 is 2.44 bits per heavy atom. The van der Waals surface area contributed by atoms with Crippen LogP contribution in [0, 0.1) is 29.6 Å². The molecule has 1 aromatic rings. The summed E-state index contributed by atoms with van der Waals surface area (Å²) in [5.74, 6) is -9.88. The first kappa shape index (κ1) is 26.1. The molecule has 36 heavy (non-hydrogen) atoms. The number of likely N-dealkylation sites (N-methyl/N-ethyl adjacent to an activating group) is 1. The maximum Gasteiger partial charge on any atom is 0.235 e.